The van der Waals surface area contributed by atoms with Gasteiger partial charge in [-0.3, -0.25) is 4.79 Å². The summed E-state index contributed by atoms with van der Waals surface area (Å²) in [6, 6.07) is 7.51. The van der Waals surface area contributed by atoms with E-state index in [1.807, 2.05) is 31.2 Å². The van der Waals surface area contributed by atoms with Gasteiger partial charge in [0.2, 0.25) is 5.95 Å². The molecule has 2 heterocycles. The lowest BCUT2D eigenvalue weighted by Crippen LogP contribution is -2.48. The second-order valence-electron chi connectivity index (χ2n) is 7.49. The Bertz CT molecular complexity index is 948. The molecule has 9 nitrogen and oxygen atoms in total. The molecule has 1 aliphatic heterocycles. The van der Waals surface area contributed by atoms with Gasteiger partial charge in [-0.15, -0.1) is 0 Å². The highest BCUT2D eigenvalue weighted by Gasteiger charge is 2.30. The van der Waals surface area contributed by atoms with E-state index in [-0.39, 0.29) is 18.0 Å². The molecule has 5 N–H and O–H groups in total. The Morgan fingerprint density at radius 3 is 2.76 bits per heavy atom. The van der Waals surface area contributed by atoms with Crippen LogP contribution in [0, 0.1) is 6.92 Å². The van der Waals surface area contributed by atoms with Gasteiger partial charge in [0.15, 0.2) is 0 Å². The number of anilines is 3. The minimum Gasteiger partial charge on any atom is -0.465 e. The van der Waals surface area contributed by atoms with Crippen molar-refractivity contribution in [2.75, 3.05) is 10.6 Å². The third-order valence-corrected chi connectivity index (χ3v) is 5.30. The van der Waals surface area contributed by atoms with Crippen LogP contribution >= 0.6 is 0 Å². The number of fused-ring (bicyclic) bond motifs is 1. The van der Waals surface area contributed by atoms with E-state index in [4.69, 9.17) is 5.11 Å². The molecule has 2 aromatic rings. The van der Waals surface area contributed by atoms with Crippen molar-refractivity contribution in [1.82, 2.24) is 20.6 Å². The number of nitrogens with one attached hydrogen (secondary N) is 4. The molecule has 2 atom stereocenters. The van der Waals surface area contributed by atoms with E-state index in [9.17, 15) is 9.59 Å². The lowest BCUT2D eigenvalue weighted by atomic mass is 9.90. The maximum Gasteiger partial charge on any atom is 0.404 e. The first-order valence-electron chi connectivity index (χ1n) is 9.78. The average Bonchev–Trinajstić information content (AvgIpc) is 3.04. The second kappa shape index (κ2) is 7.94. The van der Waals surface area contributed by atoms with Gasteiger partial charge in [-0.25, -0.2) is 9.78 Å². The third kappa shape index (κ3) is 4.23. The highest BCUT2D eigenvalue weighted by molar-refractivity contribution is 6.02. The van der Waals surface area contributed by atoms with Gasteiger partial charge in [-0.05, 0) is 37.5 Å². The Balaban J connectivity index is 1.62. The van der Waals surface area contributed by atoms with E-state index in [0.29, 0.717) is 29.6 Å². The van der Waals surface area contributed by atoms with Crippen molar-refractivity contribution in [2.45, 2.75) is 51.2 Å². The lowest BCUT2D eigenvalue weighted by molar-refractivity contribution is 0.0966. The fourth-order valence-corrected chi connectivity index (χ4v) is 3.94. The highest BCUT2D eigenvalue weighted by atomic mass is 16.4. The van der Waals surface area contributed by atoms with E-state index < -0.39 is 6.09 Å². The van der Waals surface area contributed by atoms with Gasteiger partial charge < -0.3 is 26.4 Å². The van der Waals surface area contributed by atoms with Gasteiger partial charge in [0.05, 0.1) is 18.3 Å². The van der Waals surface area contributed by atoms with Crippen LogP contribution in [0.4, 0.5) is 22.2 Å². The first kappa shape index (κ1) is 19.0. The van der Waals surface area contributed by atoms with Crippen LogP contribution in [-0.2, 0) is 6.54 Å². The normalized spacial score (nSPS) is 20.5. The lowest BCUT2D eigenvalue weighted by Gasteiger charge is -2.32. The van der Waals surface area contributed by atoms with Crippen molar-refractivity contribution in [2.24, 2.45) is 0 Å². The number of aryl methyl sites for hydroxylation is 1. The molecule has 0 spiro atoms. The molecular weight excluding hydrogens is 372 g/mol. The van der Waals surface area contributed by atoms with E-state index in [1.165, 1.54) is 0 Å². The Hall–Kier alpha value is -3.36. The maximum absolute atomic E-state index is 12.3. The van der Waals surface area contributed by atoms with Crippen LogP contribution in [0.25, 0.3) is 0 Å². The van der Waals surface area contributed by atoms with Gasteiger partial charge in [0.25, 0.3) is 5.91 Å². The molecule has 2 unspecified atom stereocenters. The molecule has 0 radical (unpaired) electrons. The Kier molecular flexibility index (Phi) is 5.20. The van der Waals surface area contributed by atoms with Gasteiger partial charge in [-0.1, -0.05) is 25.0 Å². The summed E-state index contributed by atoms with van der Waals surface area (Å²) < 4.78 is 0. The maximum atomic E-state index is 12.3. The fraction of sp³-hybridized carbons (Fsp3) is 0.400. The van der Waals surface area contributed by atoms with E-state index in [0.717, 1.165) is 36.9 Å². The number of carbonyl (C=O) groups is 2. The fourth-order valence-electron chi connectivity index (χ4n) is 3.94. The molecule has 4 rings (SSSR count). The Morgan fingerprint density at radius 1 is 1.21 bits per heavy atom. The summed E-state index contributed by atoms with van der Waals surface area (Å²) in [7, 11) is 0. The smallest absolute Gasteiger partial charge is 0.404 e. The topological polar surface area (TPSA) is 128 Å². The number of benzene rings is 1. The van der Waals surface area contributed by atoms with Crippen molar-refractivity contribution in [3.05, 3.63) is 41.1 Å². The van der Waals surface area contributed by atoms with Crippen molar-refractivity contribution in [1.29, 1.82) is 0 Å². The Labute approximate surface area is 168 Å². The number of aromatic nitrogens is 2. The molecule has 1 aliphatic carbocycles. The number of carbonyl (C=O) groups excluding carboxylic acids is 1. The first-order chi connectivity index (χ1) is 14.0. The standard InChI is InChI=1S/C20H24N6O3/c1-11-5-4-6-12(9-11)22-17-16-15(10-21-18(16)27)24-19(26-17)23-13-7-2-3-8-14(13)25-20(28)29/h4-6,9,13-14,25H,2-3,7-8,10H2,1H3,(H,21,27)(H,28,29)(H2,22,23,24,26). The van der Waals surface area contributed by atoms with Crippen LogP contribution in [0.2, 0.25) is 0 Å². The predicted molar refractivity (Wildman–Crippen MR) is 108 cm³/mol. The van der Waals surface area contributed by atoms with Crippen LogP contribution in [-0.4, -0.2) is 39.2 Å². The SMILES string of the molecule is Cc1cccc(Nc2nc(NC3CCCCC3NC(=O)O)nc3c2C(=O)NC3)c1. The molecule has 2 aliphatic rings. The second-order valence-corrected chi connectivity index (χ2v) is 7.49. The van der Waals surface area contributed by atoms with Crippen LogP contribution in [0.5, 0.6) is 0 Å². The summed E-state index contributed by atoms with van der Waals surface area (Å²) in [5.74, 6) is 0.626. The quantitative estimate of drug-likeness (QED) is 0.526. The molecule has 2 amide bonds. The van der Waals surface area contributed by atoms with Gasteiger partial charge >= 0.3 is 6.09 Å². The summed E-state index contributed by atoms with van der Waals surface area (Å²) in [6.07, 6.45) is 2.55. The number of nitrogens with zero attached hydrogens (tertiary/aromatic N) is 2. The van der Waals surface area contributed by atoms with Crippen LogP contribution in [0.1, 0.15) is 47.3 Å². The first-order valence-corrected chi connectivity index (χ1v) is 9.78. The minimum atomic E-state index is -1.03. The van der Waals surface area contributed by atoms with E-state index in [1.54, 1.807) is 0 Å². The molecule has 152 valence electrons. The van der Waals surface area contributed by atoms with Gasteiger partial charge in [0.1, 0.15) is 11.4 Å². The Morgan fingerprint density at radius 2 is 2.00 bits per heavy atom. The summed E-state index contributed by atoms with van der Waals surface area (Å²) in [5.41, 5.74) is 3.00. The average molecular weight is 396 g/mol. The summed E-state index contributed by atoms with van der Waals surface area (Å²) in [4.78, 5) is 32.5. The van der Waals surface area contributed by atoms with Gasteiger partial charge in [0, 0.05) is 11.7 Å². The van der Waals surface area contributed by atoms with E-state index in [2.05, 4.69) is 31.2 Å². The molecule has 9 heteroatoms. The largest absolute Gasteiger partial charge is 0.465 e. The van der Waals surface area contributed by atoms with Crippen molar-refractivity contribution < 1.29 is 14.7 Å². The summed E-state index contributed by atoms with van der Waals surface area (Å²) >= 11 is 0. The number of hydrogen-bond donors (Lipinski definition) is 5. The van der Waals surface area contributed by atoms with Crippen molar-refractivity contribution >= 4 is 29.5 Å². The molecule has 29 heavy (non-hydrogen) atoms. The molecular formula is C20H24N6O3. The van der Waals surface area contributed by atoms with Crippen LogP contribution in [0.3, 0.4) is 0 Å². The van der Waals surface area contributed by atoms with E-state index >= 15 is 0 Å². The minimum absolute atomic E-state index is 0.102. The number of rotatable bonds is 5. The molecule has 1 aromatic carbocycles. The molecule has 0 bridgehead atoms. The van der Waals surface area contributed by atoms with Crippen LogP contribution < -0.4 is 21.3 Å². The zero-order valence-electron chi connectivity index (χ0n) is 16.2. The van der Waals surface area contributed by atoms with Gasteiger partial charge in [-0.2, -0.15) is 4.98 Å². The molecule has 1 fully saturated rings. The molecule has 0 saturated heterocycles. The predicted octanol–water partition coefficient (Wildman–Crippen LogP) is 2.76. The zero-order chi connectivity index (χ0) is 20.4. The summed E-state index contributed by atoms with van der Waals surface area (Å²) in [6.45, 7) is 2.34. The van der Waals surface area contributed by atoms with Crippen LogP contribution in [0.15, 0.2) is 24.3 Å². The third-order valence-electron chi connectivity index (χ3n) is 5.30. The van der Waals surface area contributed by atoms with Crippen molar-refractivity contribution in [3.63, 3.8) is 0 Å². The summed E-state index contributed by atoms with van der Waals surface area (Å²) in [5, 5.41) is 21.0. The highest BCUT2D eigenvalue weighted by Crippen LogP contribution is 2.28. The molecule has 1 saturated carbocycles. The monoisotopic (exact) mass is 396 g/mol. The number of amides is 2. The zero-order valence-corrected chi connectivity index (χ0v) is 16.2. The van der Waals surface area contributed by atoms with Crippen molar-refractivity contribution in [3.8, 4) is 0 Å². The number of hydrogen-bond acceptors (Lipinski definition) is 6. The molecule has 1 aromatic heterocycles. The number of carboxylic acid groups (broad SMARTS) is 1.